The van der Waals surface area contributed by atoms with Crippen LogP contribution in [0, 0.1) is 12.8 Å². The zero-order valence-electron chi connectivity index (χ0n) is 14.5. The molecule has 4 atom stereocenters. The number of carbonyl (C=O) groups excluding carboxylic acids is 1. The molecule has 8 heteroatoms. The molecule has 0 aromatic carbocycles. The lowest BCUT2D eigenvalue weighted by molar-refractivity contribution is -0.136. The highest BCUT2D eigenvalue weighted by atomic mass is 16.5. The number of β-amino-alcohol motifs (C(OH)–C–C–N with tert-alkyl or cyclic N) is 1. The Labute approximate surface area is 141 Å². The molecular weight excluding hydrogens is 312 g/mol. The number of hydrogen-bond donors (Lipinski definition) is 1. The summed E-state index contributed by atoms with van der Waals surface area (Å²) in [5.74, 6) is 1.06. The smallest absolute Gasteiger partial charge is 0.230 e. The van der Waals surface area contributed by atoms with Gasteiger partial charge in [-0.1, -0.05) is 6.92 Å². The fourth-order valence-corrected chi connectivity index (χ4v) is 3.64. The van der Waals surface area contributed by atoms with E-state index in [1.807, 2.05) is 13.8 Å². The Morgan fingerprint density at radius 2 is 2.21 bits per heavy atom. The molecule has 3 heterocycles. The maximum absolute atomic E-state index is 12.7. The number of rotatable bonds is 5. The van der Waals surface area contributed by atoms with Crippen LogP contribution >= 0.6 is 0 Å². The van der Waals surface area contributed by atoms with Crippen molar-refractivity contribution in [2.24, 2.45) is 5.92 Å². The minimum Gasteiger partial charge on any atom is -0.424 e. The van der Waals surface area contributed by atoms with Crippen LogP contribution in [0.3, 0.4) is 0 Å². The monoisotopic (exact) mass is 338 g/mol. The topological polar surface area (TPSA) is 91.9 Å². The van der Waals surface area contributed by atoms with Crippen LogP contribution in [0.25, 0.3) is 0 Å². The van der Waals surface area contributed by atoms with Gasteiger partial charge in [0.05, 0.1) is 30.7 Å². The molecule has 8 nitrogen and oxygen atoms in total. The lowest BCUT2D eigenvalue weighted by Gasteiger charge is -2.28. The molecule has 2 aliphatic heterocycles. The Bertz CT molecular complexity index is 578. The standard InChI is InChI=1S/C16H26N4O4/c1-4-19(9-15-18-17-11(3)24-15)13-7-20(8-14(13)21)16(22)12-5-6-23-10(12)2/h10,12-14,21H,4-9H2,1-3H3/t10-,12-,13-,14-/m1/s1. The number of nitrogens with zero attached hydrogens (tertiary/aromatic N) is 4. The van der Waals surface area contributed by atoms with Gasteiger partial charge in [0.2, 0.25) is 17.7 Å². The number of aryl methyl sites for hydroxylation is 1. The molecule has 1 amide bonds. The normalized spacial score (nSPS) is 30.5. The molecule has 134 valence electrons. The van der Waals surface area contributed by atoms with Gasteiger partial charge in [-0.05, 0) is 19.9 Å². The highest BCUT2D eigenvalue weighted by Gasteiger charge is 2.41. The number of likely N-dealkylation sites (N-methyl/N-ethyl adjacent to an activating group) is 1. The van der Waals surface area contributed by atoms with E-state index in [2.05, 4.69) is 15.1 Å². The predicted molar refractivity (Wildman–Crippen MR) is 85.0 cm³/mol. The number of aromatic nitrogens is 2. The summed E-state index contributed by atoms with van der Waals surface area (Å²) in [6.07, 6.45) is 0.142. The largest absolute Gasteiger partial charge is 0.424 e. The van der Waals surface area contributed by atoms with Crippen molar-refractivity contribution in [1.29, 1.82) is 0 Å². The molecule has 2 saturated heterocycles. The molecule has 1 aromatic rings. The van der Waals surface area contributed by atoms with Crippen LogP contribution in [-0.4, -0.2) is 75.5 Å². The van der Waals surface area contributed by atoms with Crippen molar-refractivity contribution < 1.29 is 19.1 Å². The molecular formula is C16H26N4O4. The Kier molecular flexibility index (Phi) is 5.17. The average Bonchev–Trinajstić information content (AvgIpc) is 3.25. The second kappa shape index (κ2) is 7.16. The van der Waals surface area contributed by atoms with E-state index in [0.717, 1.165) is 13.0 Å². The van der Waals surface area contributed by atoms with Gasteiger partial charge in [0.1, 0.15) is 0 Å². The molecule has 2 aliphatic rings. The maximum Gasteiger partial charge on any atom is 0.230 e. The number of likely N-dealkylation sites (tertiary alicyclic amines) is 1. The summed E-state index contributed by atoms with van der Waals surface area (Å²) in [5, 5.41) is 18.3. The summed E-state index contributed by atoms with van der Waals surface area (Å²) in [6.45, 7) is 8.44. The molecule has 1 N–H and O–H groups in total. The minimum atomic E-state index is -0.574. The molecule has 1 aromatic heterocycles. The van der Waals surface area contributed by atoms with Crippen molar-refractivity contribution in [2.75, 3.05) is 26.2 Å². The van der Waals surface area contributed by atoms with E-state index >= 15 is 0 Å². The third kappa shape index (κ3) is 3.45. The van der Waals surface area contributed by atoms with E-state index in [1.165, 1.54) is 0 Å². The minimum absolute atomic E-state index is 0.0441. The molecule has 0 saturated carbocycles. The summed E-state index contributed by atoms with van der Waals surface area (Å²) >= 11 is 0. The van der Waals surface area contributed by atoms with Gasteiger partial charge in [0.25, 0.3) is 0 Å². The van der Waals surface area contributed by atoms with Gasteiger partial charge >= 0.3 is 0 Å². The molecule has 0 bridgehead atoms. The number of amides is 1. The van der Waals surface area contributed by atoms with Gasteiger partial charge in [0, 0.05) is 26.6 Å². The molecule has 0 unspecified atom stereocenters. The predicted octanol–water partition coefficient (Wildman–Crippen LogP) is 0.197. The highest BCUT2D eigenvalue weighted by molar-refractivity contribution is 5.80. The summed E-state index contributed by atoms with van der Waals surface area (Å²) in [4.78, 5) is 16.6. The Morgan fingerprint density at radius 1 is 1.42 bits per heavy atom. The highest BCUT2D eigenvalue weighted by Crippen LogP contribution is 2.26. The van der Waals surface area contributed by atoms with Crippen molar-refractivity contribution in [3.63, 3.8) is 0 Å². The van der Waals surface area contributed by atoms with Crippen molar-refractivity contribution >= 4 is 5.91 Å². The fourth-order valence-electron chi connectivity index (χ4n) is 3.64. The van der Waals surface area contributed by atoms with Crippen LogP contribution in [0.15, 0.2) is 4.42 Å². The molecule has 0 spiro atoms. The van der Waals surface area contributed by atoms with Gasteiger partial charge in [0.15, 0.2) is 0 Å². The SMILES string of the molecule is CCN(Cc1nnc(C)o1)[C@@H]1CN(C(=O)[C@@H]2CCO[C@@H]2C)C[C@H]1O. The van der Waals surface area contributed by atoms with E-state index in [0.29, 0.717) is 38.0 Å². The number of aliphatic hydroxyl groups excluding tert-OH is 1. The summed E-state index contributed by atoms with van der Waals surface area (Å²) in [6, 6.07) is -0.121. The first-order valence-corrected chi connectivity index (χ1v) is 8.61. The lowest BCUT2D eigenvalue weighted by atomic mass is 10.0. The van der Waals surface area contributed by atoms with Crippen LogP contribution < -0.4 is 0 Å². The molecule has 3 rings (SSSR count). The van der Waals surface area contributed by atoms with Crippen LogP contribution in [0.5, 0.6) is 0 Å². The van der Waals surface area contributed by atoms with Gasteiger partial charge in [-0.2, -0.15) is 0 Å². The molecule has 2 fully saturated rings. The number of carbonyl (C=O) groups is 1. The number of hydrogen-bond acceptors (Lipinski definition) is 7. The fraction of sp³-hybridized carbons (Fsp3) is 0.812. The summed E-state index contributed by atoms with van der Waals surface area (Å²) < 4.78 is 10.9. The third-order valence-corrected chi connectivity index (χ3v) is 5.05. The summed E-state index contributed by atoms with van der Waals surface area (Å²) in [5.41, 5.74) is 0. The first-order valence-electron chi connectivity index (χ1n) is 8.61. The van der Waals surface area contributed by atoms with Crippen molar-refractivity contribution in [3.05, 3.63) is 11.8 Å². The number of aliphatic hydroxyl groups is 1. The van der Waals surface area contributed by atoms with Gasteiger partial charge in [-0.15, -0.1) is 10.2 Å². The van der Waals surface area contributed by atoms with E-state index in [1.54, 1.807) is 11.8 Å². The first-order chi connectivity index (χ1) is 11.5. The van der Waals surface area contributed by atoms with E-state index < -0.39 is 6.10 Å². The van der Waals surface area contributed by atoms with Crippen LogP contribution in [0.2, 0.25) is 0 Å². The van der Waals surface area contributed by atoms with Crippen molar-refractivity contribution in [1.82, 2.24) is 20.0 Å². The zero-order chi connectivity index (χ0) is 17.3. The number of ether oxygens (including phenoxy) is 1. The maximum atomic E-state index is 12.7. The first kappa shape index (κ1) is 17.3. The van der Waals surface area contributed by atoms with Gasteiger partial charge in [-0.25, -0.2) is 0 Å². The van der Waals surface area contributed by atoms with Crippen molar-refractivity contribution in [2.45, 2.75) is 52.0 Å². The van der Waals surface area contributed by atoms with E-state index in [-0.39, 0.29) is 24.0 Å². The second-order valence-corrected chi connectivity index (χ2v) is 6.63. The quantitative estimate of drug-likeness (QED) is 0.820. The molecule has 0 radical (unpaired) electrons. The van der Waals surface area contributed by atoms with E-state index in [4.69, 9.17) is 9.15 Å². The van der Waals surface area contributed by atoms with E-state index in [9.17, 15) is 9.90 Å². The van der Waals surface area contributed by atoms with Crippen molar-refractivity contribution in [3.8, 4) is 0 Å². The second-order valence-electron chi connectivity index (χ2n) is 6.63. The zero-order valence-corrected chi connectivity index (χ0v) is 14.5. The Balaban J connectivity index is 1.64. The molecule has 0 aliphatic carbocycles. The van der Waals surface area contributed by atoms with Gasteiger partial charge in [-0.3, -0.25) is 9.69 Å². The Morgan fingerprint density at radius 3 is 2.79 bits per heavy atom. The van der Waals surface area contributed by atoms with Crippen LogP contribution in [-0.2, 0) is 16.1 Å². The average molecular weight is 338 g/mol. The molecule has 24 heavy (non-hydrogen) atoms. The van der Waals surface area contributed by atoms with Gasteiger partial charge < -0.3 is 19.2 Å². The van der Waals surface area contributed by atoms with Crippen LogP contribution in [0.4, 0.5) is 0 Å². The third-order valence-electron chi connectivity index (χ3n) is 5.05. The lowest BCUT2D eigenvalue weighted by Crippen LogP contribution is -2.43. The Hall–Kier alpha value is -1.51. The van der Waals surface area contributed by atoms with Crippen LogP contribution in [0.1, 0.15) is 32.0 Å². The summed E-state index contributed by atoms with van der Waals surface area (Å²) in [7, 11) is 0.